The van der Waals surface area contributed by atoms with Crippen LogP contribution in [0.15, 0.2) is 18.6 Å². The second kappa shape index (κ2) is 6.24. The Bertz CT molecular complexity index is 748. The van der Waals surface area contributed by atoms with Crippen molar-refractivity contribution in [2.24, 2.45) is 5.92 Å². The van der Waals surface area contributed by atoms with Crippen LogP contribution in [0.4, 0.5) is 5.82 Å². The molecule has 1 fully saturated rings. The van der Waals surface area contributed by atoms with Crippen LogP contribution in [0.25, 0.3) is 11.0 Å². The van der Waals surface area contributed by atoms with E-state index in [4.69, 9.17) is 5.26 Å². The van der Waals surface area contributed by atoms with Crippen molar-refractivity contribution in [3.63, 3.8) is 0 Å². The van der Waals surface area contributed by atoms with Crippen molar-refractivity contribution >= 4 is 22.8 Å². The van der Waals surface area contributed by atoms with Crippen molar-refractivity contribution in [2.75, 3.05) is 25.0 Å². The number of rotatable bonds is 5. The molecule has 2 aromatic rings. The molecule has 3 rings (SSSR count). The number of hydrogen-bond acceptors (Lipinski definition) is 5. The van der Waals surface area contributed by atoms with E-state index in [1.165, 1.54) is 0 Å². The van der Waals surface area contributed by atoms with Gasteiger partial charge in [0.25, 0.3) is 0 Å². The zero-order chi connectivity index (χ0) is 16.4. The van der Waals surface area contributed by atoms with Gasteiger partial charge in [-0.2, -0.15) is 5.26 Å². The summed E-state index contributed by atoms with van der Waals surface area (Å²) in [5, 5.41) is 9.68. The summed E-state index contributed by atoms with van der Waals surface area (Å²) in [6.07, 6.45) is 4.24. The Morgan fingerprint density at radius 3 is 3.13 bits per heavy atom. The molecular formula is C16H20N6O. The summed E-state index contributed by atoms with van der Waals surface area (Å²) in [6, 6.07) is 4.12. The van der Waals surface area contributed by atoms with Crippen LogP contribution in [-0.2, 0) is 4.79 Å². The zero-order valence-electron chi connectivity index (χ0n) is 13.4. The minimum absolute atomic E-state index is 0.0328. The van der Waals surface area contributed by atoms with Crippen molar-refractivity contribution in [3.05, 3.63) is 18.6 Å². The van der Waals surface area contributed by atoms with E-state index in [2.05, 4.69) is 26.8 Å². The second-order valence-corrected chi connectivity index (χ2v) is 6.07. The fourth-order valence-corrected chi connectivity index (χ4v) is 3.23. The first-order valence-electron chi connectivity index (χ1n) is 7.77. The van der Waals surface area contributed by atoms with Gasteiger partial charge >= 0.3 is 0 Å². The highest BCUT2D eigenvalue weighted by molar-refractivity contribution is 5.87. The smallest absolute Gasteiger partial charge is 0.237 e. The third-order valence-electron chi connectivity index (χ3n) is 4.55. The van der Waals surface area contributed by atoms with Gasteiger partial charge in [0.05, 0.1) is 11.5 Å². The lowest BCUT2D eigenvalue weighted by Crippen LogP contribution is -2.58. The third-order valence-corrected chi connectivity index (χ3v) is 4.55. The molecular weight excluding hydrogens is 292 g/mol. The SMILES string of the molecule is C[C@H]1CN(C(=O)CC#N)C1CCN(C)c1ncnc2[nH]ccc12. The lowest BCUT2D eigenvalue weighted by molar-refractivity contribution is -0.142. The summed E-state index contributed by atoms with van der Waals surface area (Å²) in [7, 11) is 2.00. The number of nitrogens with zero attached hydrogens (tertiary/aromatic N) is 5. The normalized spacial score (nSPS) is 20.1. The molecule has 0 bridgehead atoms. The van der Waals surface area contributed by atoms with Crippen LogP contribution in [0.3, 0.4) is 0 Å². The maximum Gasteiger partial charge on any atom is 0.237 e. The fourth-order valence-electron chi connectivity index (χ4n) is 3.23. The van der Waals surface area contributed by atoms with E-state index >= 15 is 0 Å². The van der Waals surface area contributed by atoms with Gasteiger partial charge in [0.2, 0.25) is 5.91 Å². The highest BCUT2D eigenvalue weighted by Crippen LogP contribution is 2.29. The quantitative estimate of drug-likeness (QED) is 0.904. The molecule has 0 saturated carbocycles. The molecule has 1 saturated heterocycles. The van der Waals surface area contributed by atoms with E-state index < -0.39 is 0 Å². The van der Waals surface area contributed by atoms with Gasteiger partial charge in [-0.25, -0.2) is 9.97 Å². The molecule has 23 heavy (non-hydrogen) atoms. The Hall–Kier alpha value is -2.62. The number of likely N-dealkylation sites (tertiary alicyclic amines) is 1. The average Bonchev–Trinajstić information content (AvgIpc) is 3.01. The van der Waals surface area contributed by atoms with E-state index in [9.17, 15) is 4.79 Å². The molecule has 7 heteroatoms. The number of aromatic amines is 1. The summed E-state index contributed by atoms with van der Waals surface area (Å²) < 4.78 is 0. The monoisotopic (exact) mass is 312 g/mol. The van der Waals surface area contributed by atoms with E-state index in [0.29, 0.717) is 5.92 Å². The third kappa shape index (κ3) is 2.84. The van der Waals surface area contributed by atoms with Crippen molar-refractivity contribution in [1.29, 1.82) is 5.26 Å². The number of H-pyrrole nitrogens is 1. The van der Waals surface area contributed by atoms with Gasteiger partial charge in [-0.05, 0) is 18.4 Å². The second-order valence-electron chi connectivity index (χ2n) is 6.07. The van der Waals surface area contributed by atoms with Crippen LogP contribution >= 0.6 is 0 Å². The minimum Gasteiger partial charge on any atom is -0.359 e. The van der Waals surface area contributed by atoms with Crippen molar-refractivity contribution in [3.8, 4) is 6.07 Å². The predicted molar refractivity (Wildman–Crippen MR) is 86.7 cm³/mol. The van der Waals surface area contributed by atoms with E-state index in [-0.39, 0.29) is 18.4 Å². The van der Waals surface area contributed by atoms with Gasteiger partial charge in [0.15, 0.2) is 0 Å². The molecule has 1 N–H and O–H groups in total. The number of carbonyl (C=O) groups excluding carboxylic acids is 1. The molecule has 1 amide bonds. The molecule has 0 spiro atoms. The van der Waals surface area contributed by atoms with Crippen molar-refractivity contribution in [1.82, 2.24) is 19.9 Å². The minimum atomic E-state index is -0.0617. The molecule has 2 aromatic heterocycles. The summed E-state index contributed by atoms with van der Waals surface area (Å²) >= 11 is 0. The van der Waals surface area contributed by atoms with E-state index in [1.807, 2.05) is 30.3 Å². The van der Waals surface area contributed by atoms with Gasteiger partial charge in [-0.3, -0.25) is 4.79 Å². The van der Waals surface area contributed by atoms with Crippen molar-refractivity contribution in [2.45, 2.75) is 25.8 Å². The van der Waals surface area contributed by atoms with Crippen LogP contribution in [-0.4, -0.2) is 51.9 Å². The predicted octanol–water partition coefficient (Wildman–Crippen LogP) is 1.54. The largest absolute Gasteiger partial charge is 0.359 e. The lowest BCUT2D eigenvalue weighted by Gasteiger charge is -2.47. The molecule has 0 aliphatic carbocycles. The Morgan fingerprint density at radius 1 is 1.57 bits per heavy atom. The van der Waals surface area contributed by atoms with Gasteiger partial charge in [0, 0.05) is 32.4 Å². The van der Waals surface area contributed by atoms with Gasteiger partial charge in [-0.1, -0.05) is 6.92 Å². The van der Waals surface area contributed by atoms with Crippen LogP contribution in [0.5, 0.6) is 0 Å². The first kappa shape index (κ1) is 15.3. The fraction of sp³-hybridized carbons (Fsp3) is 0.500. The summed E-state index contributed by atoms with van der Waals surface area (Å²) in [4.78, 5) is 27.5. The first-order valence-corrected chi connectivity index (χ1v) is 7.77. The number of nitrogens with one attached hydrogen (secondary N) is 1. The molecule has 1 aliphatic rings. The van der Waals surface area contributed by atoms with Crippen LogP contribution in [0.1, 0.15) is 19.8 Å². The van der Waals surface area contributed by atoms with Gasteiger partial charge in [-0.15, -0.1) is 0 Å². The molecule has 1 unspecified atom stereocenters. The van der Waals surface area contributed by atoms with Crippen LogP contribution in [0, 0.1) is 17.2 Å². The standard InChI is InChI=1S/C16H20N6O/c1-11-9-22(14(23)3-6-17)13(11)5-8-21(2)16-12-4-7-18-15(12)19-10-20-16/h4,7,10-11,13H,3,5,8-9H2,1-2H3,(H,18,19,20)/t11-,13?/m0/s1. The number of amides is 1. The maximum atomic E-state index is 11.9. The molecule has 120 valence electrons. The number of nitriles is 1. The Balaban J connectivity index is 1.65. The molecule has 3 heterocycles. The summed E-state index contributed by atoms with van der Waals surface area (Å²) in [5.41, 5.74) is 0.824. The molecule has 1 aliphatic heterocycles. The molecule has 7 nitrogen and oxygen atoms in total. The summed E-state index contributed by atoms with van der Waals surface area (Å²) in [6.45, 7) is 3.70. The van der Waals surface area contributed by atoms with Gasteiger partial charge < -0.3 is 14.8 Å². The van der Waals surface area contributed by atoms with Gasteiger partial charge in [0.1, 0.15) is 24.2 Å². The number of carbonyl (C=O) groups is 1. The van der Waals surface area contributed by atoms with E-state index in [0.717, 1.165) is 36.4 Å². The molecule has 0 radical (unpaired) electrons. The average molecular weight is 312 g/mol. The maximum absolute atomic E-state index is 11.9. The molecule has 2 atom stereocenters. The van der Waals surface area contributed by atoms with Crippen molar-refractivity contribution < 1.29 is 4.79 Å². The Morgan fingerprint density at radius 2 is 2.39 bits per heavy atom. The molecule has 0 aromatic carbocycles. The first-order chi connectivity index (χ1) is 11.1. The number of fused-ring (bicyclic) bond motifs is 1. The van der Waals surface area contributed by atoms with Crippen LogP contribution in [0.2, 0.25) is 0 Å². The Kier molecular flexibility index (Phi) is 4.15. The Labute approximate surface area is 134 Å². The number of anilines is 1. The highest BCUT2D eigenvalue weighted by Gasteiger charge is 2.38. The van der Waals surface area contributed by atoms with Crippen LogP contribution < -0.4 is 4.90 Å². The highest BCUT2D eigenvalue weighted by atomic mass is 16.2. The lowest BCUT2D eigenvalue weighted by atomic mass is 9.87. The zero-order valence-corrected chi connectivity index (χ0v) is 13.4. The topological polar surface area (TPSA) is 88.9 Å². The number of hydrogen-bond donors (Lipinski definition) is 1. The summed E-state index contributed by atoms with van der Waals surface area (Å²) in [5.74, 6) is 1.30. The van der Waals surface area contributed by atoms with E-state index in [1.54, 1.807) is 6.33 Å². The number of aromatic nitrogens is 3.